The molecule has 4 nitrogen and oxygen atoms in total. The van der Waals surface area contributed by atoms with Gasteiger partial charge in [-0.05, 0) is 25.8 Å². The van der Waals surface area contributed by atoms with Gasteiger partial charge in [-0.15, -0.1) is 0 Å². The normalized spacial score (nSPS) is 13.6. The van der Waals surface area contributed by atoms with Gasteiger partial charge >= 0.3 is 0 Å². The lowest BCUT2D eigenvalue weighted by molar-refractivity contribution is 0.295. The van der Waals surface area contributed by atoms with Crippen LogP contribution >= 0.6 is 0 Å². The minimum atomic E-state index is -3.31. The predicted molar refractivity (Wildman–Crippen MR) is 68.2 cm³/mol. The van der Waals surface area contributed by atoms with Gasteiger partial charge in [0.05, 0.1) is 5.75 Å². The van der Waals surface area contributed by atoms with Gasteiger partial charge in [0.15, 0.2) is 0 Å². The van der Waals surface area contributed by atoms with Crippen LogP contribution < -0.4 is 4.72 Å². The van der Waals surface area contributed by atoms with Crippen molar-refractivity contribution in [3.63, 3.8) is 0 Å². The molecule has 0 amide bonds. The summed E-state index contributed by atoms with van der Waals surface area (Å²) >= 11 is 0. The molecule has 1 atom stereocenters. The molecule has 0 bridgehead atoms. The maximum Gasteiger partial charge on any atom is 0.212 e. The summed E-state index contributed by atoms with van der Waals surface area (Å²) in [4.78, 5) is 0. The fourth-order valence-electron chi connectivity index (χ4n) is 1.51. The predicted octanol–water partition coefficient (Wildman–Crippen LogP) is 1.36. The Morgan fingerprint density at radius 1 is 1.29 bits per heavy atom. The van der Waals surface area contributed by atoms with Crippen molar-refractivity contribution < 1.29 is 13.5 Å². The van der Waals surface area contributed by atoms with Crippen molar-refractivity contribution in [3.05, 3.63) is 35.4 Å². The number of sulfonamides is 1. The Labute approximate surface area is 103 Å². The van der Waals surface area contributed by atoms with Gasteiger partial charge in [-0.25, -0.2) is 13.1 Å². The number of hydrogen-bond acceptors (Lipinski definition) is 3. The van der Waals surface area contributed by atoms with Crippen LogP contribution in [0.4, 0.5) is 0 Å². The molecule has 0 aliphatic rings. The summed E-state index contributed by atoms with van der Waals surface area (Å²) in [6, 6.07) is 7.48. The van der Waals surface area contributed by atoms with Crippen LogP contribution in [0.1, 0.15) is 30.5 Å². The Morgan fingerprint density at radius 3 is 2.41 bits per heavy atom. The summed E-state index contributed by atoms with van der Waals surface area (Å²) in [7, 11) is -3.31. The summed E-state index contributed by atoms with van der Waals surface area (Å²) in [6.07, 6.45) is 0.260. The minimum Gasteiger partial charge on any atom is -0.396 e. The van der Waals surface area contributed by atoms with Crippen LogP contribution in [0.3, 0.4) is 0 Å². The van der Waals surface area contributed by atoms with E-state index in [1.54, 1.807) is 6.92 Å². The van der Waals surface area contributed by atoms with E-state index in [2.05, 4.69) is 4.72 Å². The minimum absolute atomic E-state index is 0.0420. The van der Waals surface area contributed by atoms with Gasteiger partial charge in [0, 0.05) is 12.6 Å². The fraction of sp³-hybridized carbons (Fsp3) is 0.500. The third kappa shape index (κ3) is 4.85. The second-order valence-corrected chi connectivity index (χ2v) is 6.02. The Kier molecular flexibility index (Phi) is 5.11. The Hall–Kier alpha value is -0.910. The first-order valence-corrected chi connectivity index (χ1v) is 7.27. The lowest BCUT2D eigenvalue weighted by Crippen LogP contribution is -2.29. The first-order chi connectivity index (χ1) is 7.94. The summed E-state index contributed by atoms with van der Waals surface area (Å²) in [6.45, 7) is 3.68. The third-order valence-corrected chi connectivity index (χ3v) is 4.04. The monoisotopic (exact) mass is 257 g/mol. The number of aryl methyl sites for hydroxylation is 1. The highest BCUT2D eigenvalue weighted by molar-refractivity contribution is 7.89. The standard InChI is InChI=1S/C12H19NO3S/c1-10-4-6-12(7-5-10)11(2)13-17(15,16)9-3-8-14/h4-7,11,13-14H,3,8-9H2,1-2H3. The molecule has 0 fully saturated rings. The average Bonchev–Trinajstić information content (AvgIpc) is 2.26. The van der Waals surface area contributed by atoms with Crippen LogP contribution in [0, 0.1) is 6.92 Å². The van der Waals surface area contributed by atoms with E-state index in [4.69, 9.17) is 5.11 Å². The first-order valence-electron chi connectivity index (χ1n) is 5.62. The zero-order chi connectivity index (χ0) is 12.9. The van der Waals surface area contributed by atoms with Gasteiger partial charge in [0.1, 0.15) is 0 Å². The summed E-state index contributed by atoms with van der Waals surface area (Å²) in [5.74, 6) is -0.0420. The molecule has 1 aromatic carbocycles. The molecule has 2 N–H and O–H groups in total. The molecule has 17 heavy (non-hydrogen) atoms. The molecular formula is C12H19NO3S. The second kappa shape index (κ2) is 6.14. The van der Waals surface area contributed by atoms with Crippen molar-refractivity contribution in [2.45, 2.75) is 26.3 Å². The molecule has 0 aliphatic heterocycles. The lowest BCUT2D eigenvalue weighted by atomic mass is 10.1. The molecule has 0 heterocycles. The van der Waals surface area contributed by atoms with Gasteiger partial charge in [-0.3, -0.25) is 0 Å². The smallest absolute Gasteiger partial charge is 0.212 e. The zero-order valence-electron chi connectivity index (χ0n) is 10.2. The Bertz CT molecular complexity index is 439. The van der Waals surface area contributed by atoms with Gasteiger partial charge in [-0.2, -0.15) is 0 Å². The first kappa shape index (κ1) is 14.2. The van der Waals surface area contributed by atoms with E-state index in [1.807, 2.05) is 31.2 Å². The van der Waals surface area contributed by atoms with Crippen molar-refractivity contribution in [1.29, 1.82) is 0 Å². The molecule has 0 saturated carbocycles. The van der Waals surface area contributed by atoms with E-state index in [9.17, 15) is 8.42 Å². The molecule has 1 aromatic rings. The highest BCUT2D eigenvalue weighted by Crippen LogP contribution is 2.14. The van der Waals surface area contributed by atoms with Gasteiger partial charge in [-0.1, -0.05) is 29.8 Å². The highest BCUT2D eigenvalue weighted by Gasteiger charge is 2.14. The molecule has 5 heteroatoms. The number of aliphatic hydroxyl groups is 1. The number of hydrogen-bond donors (Lipinski definition) is 2. The number of nitrogens with one attached hydrogen (secondary N) is 1. The van der Waals surface area contributed by atoms with E-state index in [0.717, 1.165) is 11.1 Å². The SMILES string of the molecule is Cc1ccc(C(C)NS(=O)(=O)CCCO)cc1. The Balaban J connectivity index is 2.65. The molecule has 1 rings (SSSR count). The quantitative estimate of drug-likeness (QED) is 0.808. The molecule has 96 valence electrons. The molecule has 1 unspecified atom stereocenters. The summed E-state index contributed by atoms with van der Waals surface area (Å²) < 4.78 is 25.8. The van der Waals surface area contributed by atoms with Crippen LogP contribution in [0.5, 0.6) is 0 Å². The van der Waals surface area contributed by atoms with E-state index in [1.165, 1.54) is 0 Å². The molecular weight excluding hydrogens is 238 g/mol. The largest absolute Gasteiger partial charge is 0.396 e. The maximum atomic E-state index is 11.6. The summed E-state index contributed by atoms with van der Waals surface area (Å²) in [5.41, 5.74) is 2.08. The number of aliphatic hydroxyl groups excluding tert-OH is 1. The van der Waals surface area contributed by atoms with Crippen molar-refractivity contribution in [2.75, 3.05) is 12.4 Å². The fourth-order valence-corrected chi connectivity index (χ4v) is 2.81. The van der Waals surface area contributed by atoms with Crippen molar-refractivity contribution in [2.24, 2.45) is 0 Å². The van der Waals surface area contributed by atoms with Crippen molar-refractivity contribution in [3.8, 4) is 0 Å². The van der Waals surface area contributed by atoms with E-state index in [0.29, 0.717) is 0 Å². The lowest BCUT2D eigenvalue weighted by Gasteiger charge is -2.14. The van der Waals surface area contributed by atoms with Crippen molar-refractivity contribution in [1.82, 2.24) is 4.72 Å². The number of rotatable bonds is 6. The average molecular weight is 257 g/mol. The van der Waals surface area contributed by atoms with Crippen LogP contribution in [-0.2, 0) is 10.0 Å². The van der Waals surface area contributed by atoms with Crippen LogP contribution in [0.15, 0.2) is 24.3 Å². The Morgan fingerprint density at radius 2 is 1.88 bits per heavy atom. The molecule has 0 aliphatic carbocycles. The van der Waals surface area contributed by atoms with Gasteiger partial charge in [0.25, 0.3) is 0 Å². The topological polar surface area (TPSA) is 66.4 Å². The highest BCUT2D eigenvalue weighted by atomic mass is 32.2. The van der Waals surface area contributed by atoms with Crippen LogP contribution in [0.25, 0.3) is 0 Å². The van der Waals surface area contributed by atoms with E-state index < -0.39 is 10.0 Å². The summed E-state index contributed by atoms with van der Waals surface area (Å²) in [5, 5.41) is 8.62. The molecule has 0 aromatic heterocycles. The third-order valence-electron chi connectivity index (χ3n) is 2.50. The van der Waals surface area contributed by atoms with Crippen LogP contribution in [0.2, 0.25) is 0 Å². The molecule has 0 saturated heterocycles. The van der Waals surface area contributed by atoms with Gasteiger partial charge in [0.2, 0.25) is 10.0 Å². The second-order valence-electron chi connectivity index (χ2n) is 4.15. The van der Waals surface area contributed by atoms with Crippen LogP contribution in [-0.4, -0.2) is 25.9 Å². The maximum absolute atomic E-state index is 11.6. The van der Waals surface area contributed by atoms with Gasteiger partial charge < -0.3 is 5.11 Å². The number of benzene rings is 1. The zero-order valence-corrected chi connectivity index (χ0v) is 11.0. The van der Waals surface area contributed by atoms with E-state index >= 15 is 0 Å². The van der Waals surface area contributed by atoms with E-state index in [-0.39, 0.29) is 24.8 Å². The van der Waals surface area contributed by atoms with Crippen molar-refractivity contribution >= 4 is 10.0 Å². The molecule has 0 radical (unpaired) electrons. The molecule has 0 spiro atoms.